The van der Waals surface area contributed by atoms with Gasteiger partial charge in [-0.15, -0.1) is 0 Å². The van der Waals surface area contributed by atoms with Gasteiger partial charge < -0.3 is 10.5 Å². The van der Waals surface area contributed by atoms with E-state index in [1.54, 1.807) is 0 Å². The third-order valence-electron chi connectivity index (χ3n) is 3.30. The highest BCUT2D eigenvalue weighted by molar-refractivity contribution is 5.37. The van der Waals surface area contributed by atoms with Crippen LogP contribution in [-0.4, -0.2) is 0 Å². The summed E-state index contributed by atoms with van der Waals surface area (Å²) in [6, 6.07) is 16.4. The molecule has 0 aliphatic rings. The van der Waals surface area contributed by atoms with Crippen molar-refractivity contribution in [3.63, 3.8) is 0 Å². The Hall–Kier alpha value is -1.80. The van der Waals surface area contributed by atoms with Crippen LogP contribution in [0, 0.1) is 6.92 Å². The van der Waals surface area contributed by atoms with E-state index in [4.69, 9.17) is 10.5 Å². The summed E-state index contributed by atoms with van der Waals surface area (Å²) in [6.07, 6.45) is 0.0426. The van der Waals surface area contributed by atoms with Crippen LogP contribution >= 0.6 is 0 Å². The minimum atomic E-state index is 0.0426. The Morgan fingerprint density at radius 3 is 2.21 bits per heavy atom. The molecule has 0 saturated carbocycles. The number of rotatable bonds is 4. The van der Waals surface area contributed by atoms with Gasteiger partial charge in [-0.1, -0.05) is 42.5 Å². The first-order valence-corrected chi connectivity index (χ1v) is 6.65. The summed E-state index contributed by atoms with van der Waals surface area (Å²) >= 11 is 0. The number of ether oxygens (including phenoxy) is 1. The van der Waals surface area contributed by atoms with Gasteiger partial charge in [0.2, 0.25) is 0 Å². The zero-order valence-electron chi connectivity index (χ0n) is 11.8. The van der Waals surface area contributed by atoms with Gasteiger partial charge in [0.15, 0.2) is 0 Å². The predicted molar refractivity (Wildman–Crippen MR) is 79.3 cm³/mol. The first-order chi connectivity index (χ1) is 9.08. The van der Waals surface area contributed by atoms with E-state index >= 15 is 0 Å². The first-order valence-electron chi connectivity index (χ1n) is 6.65. The maximum atomic E-state index is 6.03. The number of nitrogens with two attached hydrogens (primary N) is 1. The largest absolute Gasteiger partial charge is 0.486 e. The summed E-state index contributed by atoms with van der Waals surface area (Å²) in [4.78, 5) is 0. The van der Waals surface area contributed by atoms with Crippen LogP contribution in [0.15, 0.2) is 48.5 Å². The molecule has 0 aliphatic heterocycles. The van der Waals surface area contributed by atoms with Crippen LogP contribution in [0.4, 0.5) is 0 Å². The van der Waals surface area contributed by atoms with Crippen LogP contribution in [-0.2, 0) is 0 Å². The van der Waals surface area contributed by atoms with E-state index in [0.29, 0.717) is 0 Å². The monoisotopic (exact) mass is 255 g/mol. The Kier molecular flexibility index (Phi) is 4.23. The second kappa shape index (κ2) is 5.89. The van der Waals surface area contributed by atoms with E-state index < -0.39 is 0 Å². The van der Waals surface area contributed by atoms with Crippen LogP contribution < -0.4 is 10.5 Å². The Labute approximate surface area is 115 Å². The summed E-state index contributed by atoms with van der Waals surface area (Å²) in [5.41, 5.74) is 9.32. The molecule has 0 amide bonds. The van der Waals surface area contributed by atoms with Crippen LogP contribution in [0.1, 0.15) is 42.7 Å². The van der Waals surface area contributed by atoms with Crippen molar-refractivity contribution < 1.29 is 4.74 Å². The molecule has 0 aliphatic carbocycles. The fourth-order valence-corrected chi connectivity index (χ4v) is 2.07. The molecule has 1 unspecified atom stereocenters. The van der Waals surface area contributed by atoms with E-state index in [-0.39, 0.29) is 12.1 Å². The molecule has 100 valence electrons. The molecule has 0 fully saturated rings. The van der Waals surface area contributed by atoms with Gasteiger partial charge >= 0.3 is 0 Å². The maximum absolute atomic E-state index is 6.03. The Morgan fingerprint density at radius 1 is 0.947 bits per heavy atom. The minimum Gasteiger partial charge on any atom is -0.486 e. The molecule has 19 heavy (non-hydrogen) atoms. The summed E-state index contributed by atoms with van der Waals surface area (Å²) in [5, 5.41) is 0. The van der Waals surface area contributed by atoms with Gasteiger partial charge in [-0.05, 0) is 43.5 Å². The first kappa shape index (κ1) is 13.6. The summed E-state index contributed by atoms with van der Waals surface area (Å²) in [7, 11) is 0. The second-order valence-corrected chi connectivity index (χ2v) is 4.98. The lowest BCUT2D eigenvalue weighted by molar-refractivity contribution is 0.225. The van der Waals surface area contributed by atoms with Gasteiger partial charge in [0.1, 0.15) is 11.9 Å². The number of aryl methyl sites for hydroxylation is 1. The molecule has 2 N–H and O–H groups in total. The topological polar surface area (TPSA) is 35.2 Å². The fourth-order valence-electron chi connectivity index (χ4n) is 2.07. The Morgan fingerprint density at radius 2 is 1.63 bits per heavy atom. The molecule has 2 atom stereocenters. The third kappa shape index (κ3) is 3.36. The summed E-state index contributed by atoms with van der Waals surface area (Å²) in [6.45, 7) is 6.11. The van der Waals surface area contributed by atoms with E-state index in [2.05, 4.69) is 32.0 Å². The molecule has 2 aromatic carbocycles. The fraction of sp³-hybridized carbons (Fsp3) is 0.294. The van der Waals surface area contributed by atoms with Gasteiger partial charge in [-0.25, -0.2) is 0 Å². The van der Waals surface area contributed by atoms with Gasteiger partial charge in [-0.3, -0.25) is 0 Å². The molecule has 2 aromatic rings. The molecule has 0 saturated heterocycles. The smallest absolute Gasteiger partial charge is 0.123 e. The number of benzene rings is 2. The Bertz CT molecular complexity index is 534. The average molecular weight is 255 g/mol. The average Bonchev–Trinajstić information content (AvgIpc) is 2.41. The zero-order valence-corrected chi connectivity index (χ0v) is 11.8. The summed E-state index contributed by atoms with van der Waals surface area (Å²) in [5.74, 6) is 0.917. The molecule has 2 nitrogen and oxygen atoms in total. The van der Waals surface area contributed by atoms with Crippen LogP contribution in [0.5, 0.6) is 5.75 Å². The maximum Gasteiger partial charge on any atom is 0.123 e. The zero-order chi connectivity index (χ0) is 13.8. The Balaban J connectivity index is 2.15. The van der Waals surface area contributed by atoms with Crippen molar-refractivity contribution in [3.8, 4) is 5.75 Å². The predicted octanol–water partition coefficient (Wildman–Crippen LogP) is 4.15. The molecule has 0 heterocycles. The van der Waals surface area contributed by atoms with Crippen molar-refractivity contribution in [2.24, 2.45) is 5.73 Å². The molecule has 0 bridgehead atoms. The lowest BCUT2D eigenvalue weighted by Crippen LogP contribution is -2.07. The van der Waals surface area contributed by atoms with Gasteiger partial charge in [0, 0.05) is 6.04 Å². The van der Waals surface area contributed by atoms with Crippen LogP contribution in [0.3, 0.4) is 0 Å². The van der Waals surface area contributed by atoms with Crippen molar-refractivity contribution in [2.75, 3.05) is 0 Å². The lowest BCUT2D eigenvalue weighted by Gasteiger charge is -2.18. The van der Waals surface area contributed by atoms with Gasteiger partial charge in [0.05, 0.1) is 0 Å². The van der Waals surface area contributed by atoms with E-state index in [9.17, 15) is 0 Å². The van der Waals surface area contributed by atoms with Gasteiger partial charge in [0.25, 0.3) is 0 Å². The molecule has 0 radical (unpaired) electrons. The van der Waals surface area contributed by atoms with Crippen molar-refractivity contribution in [3.05, 3.63) is 65.2 Å². The van der Waals surface area contributed by atoms with E-state index in [0.717, 1.165) is 16.9 Å². The molecule has 0 aromatic heterocycles. The van der Waals surface area contributed by atoms with Crippen molar-refractivity contribution in [1.29, 1.82) is 0 Å². The van der Waals surface area contributed by atoms with Crippen LogP contribution in [0.2, 0.25) is 0 Å². The molecular weight excluding hydrogens is 234 g/mol. The number of hydrogen-bond acceptors (Lipinski definition) is 2. The van der Waals surface area contributed by atoms with Crippen molar-refractivity contribution in [1.82, 2.24) is 0 Å². The molecule has 2 rings (SSSR count). The van der Waals surface area contributed by atoms with E-state index in [1.807, 2.05) is 37.3 Å². The van der Waals surface area contributed by atoms with Crippen molar-refractivity contribution in [2.45, 2.75) is 32.9 Å². The number of hydrogen-bond donors (Lipinski definition) is 1. The lowest BCUT2D eigenvalue weighted by atomic mass is 10.1. The highest BCUT2D eigenvalue weighted by atomic mass is 16.5. The summed E-state index contributed by atoms with van der Waals surface area (Å²) < 4.78 is 6.03. The normalized spacial score (nSPS) is 13.9. The van der Waals surface area contributed by atoms with Crippen molar-refractivity contribution >= 4 is 0 Å². The second-order valence-electron chi connectivity index (χ2n) is 4.98. The quantitative estimate of drug-likeness (QED) is 0.890. The van der Waals surface area contributed by atoms with Gasteiger partial charge in [-0.2, -0.15) is 0 Å². The molecule has 0 spiro atoms. The SMILES string of the molecule is Cc1cc([C@H](C)N)ccc1OC(C)c1ccccc1. The highest BCUT2D eigenvalue weighted by Gasteiger charge is 2.09. The minimum absolute atomic E-state index is 0.0426. The third-order valence-corrected chi connectivity index (χ3v) is 3.30. The standard InChI is InChI=1S/C17H21NO/c1-12-11-16(13(2)18)9-10-17(12)19-14(3)15-7-5-4-6-8-15/h4-11,13-14H,18H2,1-3H3/t13-,14?/m0/s1. The highest BCUT2D eigenvalue weighted by Crippen LogP contribution is 2.26. The molecular formula is C17H21NO. The van der Waals surface area contributed by atoms with E-state index in [1.165, 1.54) is 5.56 Å². The van der Waals surface area contributed by atoms with Crippen LogP contribution in [0.25, 0.3) is 0 Å². The molecule has 2 heteroatoms.